The van der Waals surface area contributed by atoms with Gasteiger partial charge in [0.2, 0.25) is 29.5 Å². The minimum atomic E-state index is -1.21. The predicted molar refractivity (Wildman–Crippen MR) is 151 cm³/mol. The Balaban J connectivity index is 4.87. The van der Waals surface area contributed by atoms with Crippen molar-refractivity contribution in [3.8, 4) is 0 Å². The number of carboxylic acids is 2. The number of aliphatic carboxylic acids is 2. The van der Waals surface area contributed by atoms with E-state index in [1.165, 1.54) is 0 Å². The molecule has 5 atom stereocenters. The fourth-order valence-corrected chi connectivity index (χ4v) is 3.62. The van der Waals surface area contributed by atoms with E-state index in [2.05, 4.69) is 39.2 Å². The van der Waals surface area contributed by atoms with Gasteiger partial charge in [0.05, 0.1) is 19.1 Å². The van der Waals surface area contributed by atoms with Crippen molar-refractivity contribution >= 4 is 54.1 Å². The van der Waals surface area contributed by atoms with Crippen molar-refractivity contribution in [1.29, 1.82) is 0 Å². The molecule has 0 spiro atoms. The Morgan fingerprint density at radius 3 is 1.98 bits per heavy atom. The standard InChI is InChI=1S/C24H43N7O9S/c1-3-13(2)20(24(39)40)31-23(38)16(12-41)29-18(33)11-27-17(32)10-28-22(37)15(6-4-5-9-25)30-21(36)14(26)7-8-19(34)35/h13-16,20,41H,3-12,25-26H2,1-2H3,(H,27,32)(H,28,37)(H,29,33)(H,30,36)(H,31,38)(H,34,35)(H,39,40)/t13-,14-,15-,16-,20-/m0/s1. The average Bonchev–Trinajstić information content (AvgIpc) is 2.93. The van der Waals surface area contributed by atoms with Crippen LogP contribution in [-0.4, -0.2) is 101 Å². The monoisotopic (exact) mass is 605 g/mol. The molecule has 0 aromatic carbocycles. The second-order valence-corrected chi connectivity index (χ2v) is 9.76. The molecule has 0 radical (unpaired) electrons. The molecule has 0 saturated carbocycles. The summed E-state index contributed by atoms with van der Waals surface area (Å²) in [6.45, 7) is 2.71. The number of hydrogen-bond donors (Lipinski definition) is 10. The van der Waals surface area contributed by atoms with Crippen molar-refractivity contribution in [2.24, 2.45) is 17.4 Å². The molecule has 0 saturated heterocycles. The van der Waals surface area contributed by atoms with Crippen LogP contribution in [0.1, 0.15) is 52.4 Å². The fourth-order valence-electron chi connectivity index (χ4n) is 3.36. The summed E-state index contributed by atoms with van der Waals surface area (Å²) in [7, 11) is 0. The van der Waals surface area contributed by atoms with E-state index in [9.17, 15) is 38.7 Å². The van der Waals surface area contributed by atoms with Crippen LogP contribution in [0.4, 0.5) is 0 Å². The van der Waals surface area contributed by atoms with Gasteiger partial charge in [-0.25, -0.2) is 4.79 Å². The summed E-state index contributed by atoms with van der Waals surface area (Å²) < 4.78 is 0. The lowest BCUT2D eigenvalue weighted by atomic mass is 9.99. The molecule has 0 aliphatic heterocycles. The first-order chi connectivity index (χ1) is 19.3. The lowest BCUT2D eigenvalue weighted by molar-refractivity contribution is -0.143. The molecule has 5 amide bonds. The first kappa shape index (κ1) is 37.6. The average molecular weight is 606 g/mol. The topological polar surface area (TPSA) is 272 Å². The van der Waals surface area contributed by atoms with Gasteiger partial charge in [-0.15, -0.1) is 0 Å². The molecule has 11 N–H and O–H groups in total. The third-order valence-electron chi connectivity index (χ3n) is 6.07. The number of carbonyl (C=O) groups is 7. The molecule has 0 rings (SSSR count). The molecule has 41 heavy (non-hydrogen) atoms. The molecular formula is C24H43N7O9S. The highest BCUT2D eigenvalue weighted by molar-refractivity contribution is 7.80. The Bertz CT molecular complexity index is 922. The van der Waals surface area contributed by atoms with Crippen molar-refractivity contribution in [2.45, 2.75) is 76.5 Å². The Hall–Kier alpha value is -3.44. The summed E-state index contributed by atoms with van der Waals surface area (Å²) in [5.74, 6) is -6.48. The molecule has 0 aromatic rings. The second-order valence-electron chi connectivity index (χ2n) is 9.39. The zero-order chi connectivity index (χ0) is 31.5. The van der Waals surface area contributed by atoms with Crippen LogP contribution in [0.5, 0.6) is 0 Å². The molecule has 234 valence electrons. The van der Waals surface area contributed by atoms with Crippen LogP contribution in [0.15, 0.2) is 0 Å². The third-order valence-corrected chi connectivity index (χ3v) is 6.43. The molecule has 0 heterocycles. The van der Waals surface area contributed by atoms with E-state index in [1.807, 2.05) is 0 Å². The highest BCUT2D eigenvalue weighted by Crippen LogP contribution is 2.08. The van der Waals surface area contributed by atoms with E-state index in [0.717, 1.165) is 0 Å². The van der Waals surface area contributed by atoms with Crippen molar-refractivity contribution in [3.05, 3.63) is 0 Å². The Morgan fingerprint density at radius 2 is 1.44 bits per heavy atom. The lowest BCUT2D eigenvalue weighted by Crippen LogP contribution is -2.55. The summed E-state index contributed by atoms with van der Waals surface area (Å²) in [5.41, 5.74) is 11.2. The van der Waals surface area contributed by atoms with Gasteiger partial charge in [0.1, 0.15) is 18.1 Å². The van der Waals surface area contributed by atoms with Gasteiger partial charge in [0.15, 0.2) is 0 Å². The van der Waals surface area contributed by atoms with Gasteiger partial charge in [-0.05, 0) is 38.1 Å². The quantitative estimate of drug-likeness (QED) is 0.0467. The van der Waals surface area contributed by atoms with Crippen LogP contribution in [0.3, 0.4) is 0 Å². The molecule has 0 fully saturated rings. The van der Waals surface area contributed by atoms with Crippen LogP contribution in [0, 0.1) is 5.92 Å². The summed E-state index contributed by atoms with van der Waals surface area (Å²) in [6, 6.07) is -4.51. The molecule has 17 heteroatoms. The number of hydrogen-bond acceptors (Lipinski definition) is 10. The summed E-state index contributed by atoms with van der Waals surface area (Å²) in [4.78, 5) is 84.0. The van der Waals surface area contributed by atoms with Crippen molar-refractivity contribution in [2.75, 3.05) is 25.4 Å². The van der Waals surface area contributed by atoms with E-state index in [4.69, 9.17) is 16.6 Å². The number of carboxylic acid groups (broad SMARTS) is 2. The van der Waals surface area contributed by atoms with Gasteiger partial charge < -0.3 is 48.3 Å². The first-order valence-corrected chi connectivity index (χ1v) is 13.9. The van der Waals surface area contributed by atoms with E-state index < -0.39 is 78.7 Å². The predicted octanol–water partition coefficient (Wildman–Crippen LogP) is -2.95. The van der Waals surface area contributed by atoms with Gasteiger partial charge in [0.25, 0.3) is 0 Å². The van der Waals surface area contributed by atoms with E-state index in [0.29, 0.717) is 25.8 Å². The van der Waals surface area contributed by atoms with E-state index >= 15 is 0 Å². The maximum atomic E-state index is 12.6. The molecule has 16 nitrogen and oxygen atoms in total. The molecule has 0 unspecified atom stereocenters. The smallest absolute Gasteiger partial charge is 0.326 e. The second kappa shape index (κ2) is 20.4. The van der Waals surface area contributed by atoms with Crippen LogP contribution in [-0.2, 0) is 33.6 Å². The minimum absolute atomic E-state index is 0.128. The normalized spacial score (nSPS) is 14.4. The number of nitrogens with two attached hydrogens (primary N) is 2. The van der Waals surface area contributed by atoms with Crippen molar-refractivity contribution < 1.29 is 43.8 Å². The number of rotatable bonds is 21. The minimum Gasteiger partial charge on any atom is -0.481 e. The number of thiol groups is 1. The Labute approximate surface area is 243 Å². The van der Waals surface area contributed by atoms with Gasteiger partial charge in [0, 0.05) is 12.2 Å². The summed E-state index contributed by atoms with van der Waals surface area (Å²) >= 11 is 4.02. The molecule has 0 aliphatic carbocycles. The Kier molecular flexibility index (Phi) is 18.7. The number of unbranched alkanes of at least 4 members (excludes halogenated alkanes) is 1. The Morgan fingerprint density at radius 1 is 0.805 bits per heavy atom. The molecule has 0 aliphatic rings. The highest BCUT2D eigenvalue weighted by atomic mass is 32.1. The first-order valence-electron chi connectivity index (χ1n) is 13.2. The summed E-state index contributed by atoms with van der Waals surface area (Å²) in [5, 5.41) is 29.9. The molecule has 0 bridgehead atoms. The van der Waals surface area contributed by atoms with Crippen LogP contribution < -0.4 is 38.1 Å². The van der Waals surface area contributed by atoms with Gasteiger partial charge in [-0.2, -0.15) is 12.6 Å². The summed E-state index contributed by atoms with van der Waals surface area (Å²) in [6.07, 6.45) is 1.29. The maximum Gasteiger partial charge on any atom is 0.326 e. The van der Waals surface area contributed by atoms with Crippen LogP contribution in [0.25, 0.3) is 0 Å². The molecular weight excluding hydrogens is 562 g/mol. The van der Waals surface area contributed by atoms with Crippen LogP contribution in [0.2, 0.25) is 0 Å². The number of amides is 5. The number of nitrogens with one attached hydrogen (secondary N) is 5. The maximum absolute atomic E-state index is 12.6. The SMILES string of the molecule is CC[C@H](C)[C@H](NC(=O)[C@H](CS)NC(=O)CNC(=O)CNC(=O)[C@H](CCCCN)NC(=O)[C@@H](N)CCC(=O)O)C(=O)O. The van der Waals surface area contributed by atoms with Gasteiger partial charge in [-0.3, -0.25) is 28.8 Å². The van der Waals surface area contributed by atoms with Crippen molar-refractivity contribution in [3.63, 3.8) is 0 Å². The van der Waals surface area contributed by atoms with Gasteiger partial charge >= 0.3 is 11.9 Å². The molecule has 0 aromatic heterocycles. The third kappa shape index (κ3) is 15.8. The van der Waals surface area contributed by atoms with E-state index in [1.54, 1.807) is 13.8 Å². The fraction of sp³-hybridized carbons (Fsp3) is 0.708. The number of carbonyl (C=O) groups excluding carboxylic acids is 5. The largest absolute Gasteiger partial charge is 0.481 e. The van der Waals surface area contributed by atoms with Gasteiger partial charge in [-0.1, -0.05) is 20.3 Å². The van der Waals surface area contributed by atoms with Crippen molar-refractivity contribution in [1.82, 2.24) is 26.6 Å². The lowest BCUT2D eigenvalue weighted by Gasteiger charge is -2.23. The highest BCUT2D eigenvalue weighted by Gasteiger charge is 2.29. The zero-order valence-corrected chi connectivity index (χ0v) is 24.2. The van der Waals surface area contributed by atoms with Crippen LogP contribution >= 0.6 is 12.6 Å². The zero-order valence-electron chi connectivity index (χ0n) is 23.3. The van der Waals surface area contributed by atoms with E-state index in [-0.39, 0.29) is 30.9 Å².